The number of carbonyl (C=O) groups is 2. The number of hydrogen-bond acceptors (Lipinski definition) is 6. The molecule has 1 N–H and O–H groups in total. The van der Waals surface area contributed by atoms with Gasteiger partial charge in [-0.25, -0.2) is 9.78 Å². The Morgan fingerprint density at radius 2 is 1.89 bits per heavy atom. The van der Waals surface area contributed by atoms with E-state index in [9.17, 15) is 9.59 Å². The number of hydrogen-bond donors (Lipinski definition) is 1. The number of ether oxygens (including phenoxy) is 1. The Kier molecular flexibility index (Phi) is 6.13. The molecule has 0 aliphatic heterocycles. The largest absolute Gasteiger partial charge is 0.462 e. The number of rotatable bonds is 7. The Morgan fingerprint density at radius 3 is 2.56 bits per heavy atom. The molecule has 6 nitrogen and oxygen atoms in total. The minimum absolute atomic E-state index is 0.145. The maximum absolute atomic E-state index is 12.6. The van der Waals surface area contributed by atoms with Crippen molar-refractivity contribution in [2.45, 2.75) is 30.7 Å². The van der Waals surface area contributed by atoms with Crippen molar-refractivity contribution in [3.05, 3.63) is 54.1 Å². The van der Waals surface area contributed by atoms with E-state index in [1.165, 1.54) is 11.8 Å². The monoisotopic (exact) mass is 384 g/mol. The Labute approximate surface area is 161 Å². The fourth-order valence-electron chi connectivity index (χ4n) is 2.47. The molecule has 0 bridgehead atoms. The van der Waals surface area contributed by atoms with E-state index in [0.717, 1.165) is 5.52 Å². The van der Waals surface area contributed by atoms with Crippen molar-refractivity contribution >= 4 is 40.4 Å². The molecule has 2 aromatic carbocycles. The lowest BCUT2D eigenvalue weighted by atomic mass is 10.2. The van der Waals surface area contributed by atoms with Gasteiger partial charge in [-0.05, 0) is 49.7 Å². The van der Waals surface area contributed by atoms with Gasteiger partial charge in [0.25, 0.3) is 5.22 Å². The maximum atomic E-state index is 12.6. The molecule has 7 heteroatoms. The summed E-state index contributed by atoms with van der Waals surface area (Å²) in [5, 5.41) is 2.99. The van der Waals surface area contributed by atoms with Crippen LogP contribution < -0.4 is 5.32 Å². The number of para-hydroxylation sites is 2. The summed E-state index contributed by atoms with van der Waals surface area (Å²) in [6, 6.07) is 14.1. The smallest absolute Gasteiger partial charge is 0.338 e. The summed E-state index contributed by atoms with van der Waals surface area (Å²) >= 11 is 1.29. The number of esters is 1. The number of amides is 1. The molecule has 27 heavy (non-hydrogen) atoms. The molecular weight excluding hydrogens is 364 g/mol. The van der Waals surface area contributed by atoms with Crippen LogP contribution in [0.5, 0.6) is 0 Å². The summed E-state index contributed by atoms with van der Waals surface area (Å²) in [6.45, 7) is 4.01. The first-order chi connectivity index (χ1) is 13.1. The number of anilines is 1. The van der Waals surface area contributed by atoms with E-state index in [1.807, 2.05) is 31.2 Å². The minimum atomic E-state index is -0.381. The highest BCUT2D eigenvalue weighted by Crippen LogP contribution is 2.29. The number of nitrogens with zero attached hydrogens (tertiary/aromatic N) is 1. The van der Waals surface area contributed by atoms with E-state index in [0.29, 0.717) is 35.1 Å². The third kappa shape index (κ3) is 4.68. The van der Waals surface area contributed by atoms with Gasteiger partial charge in [-0.1, -0.05) is 30.8 Å². The van der Waals surface area contributed by atoms with Crippen LogP contribution in [0.15, 0.2) is 58.2 Å². The van der Waals surface area contributed by atoms with Crippen LogP contribution in [0.1, 0.15) is 30.6 Å². The zero-order valence-electron chi connectivity index (χ0n) is 15.1. The average molecular weight is 384 g/mol. The van der Waals surface area contributed by atoms with Gasteiger partial charge in [-0.15, -0.1) is 0 Å². The number of carbonyl (C=O) groups excluding carboxylic acids is 2. The molecule has 1 atom stereocenters. The van der Waals surface area contributed by atoms with Gasteiger partial charge in [0.15, 0.2) is 5.58 Å². The van der Waals surface area contributed by atoms with E-state index in [4.69, 9.17) is 9.15 Å². The highest BCUT2D eigenvalue weighted by Gasteiger charge is 2.21. The highest BCUT2D eigenvalue weighted by atomic mass is 32.2. The van der Waals surface area contributed by atoms with Crippen LogP contribution in [0.4, 0.5) is 5.69 Å². The van der Waals surface area contributed by atoms with Crippen LogP contribution >= 0.6 is 11.8 Å². The Morgan fingerprint density at radius 1 is 1.15 bits per heavy atom. The first-order valence-corrected chi connectivity index (χ1v) is 9.59. The SMILES string of the molecule is CCOC(=O)c1ccc(NC(=O)[C@@H](CC)Sc2nc3ccccc3o2)cc1. The summed E-state index contributed by atoms with van der Waals surface area (Å²) in [4.78, 5) is 28.7. The van der Waals surface area contributed by atoms with Crippen molar-refractivity contribution in [1.29, 1.82) is 0 Å². The van der Waals surface area contributed by atoms with Crippen molar-refractivity contribution in [2.24, 2.45) is 0 Å². The van der Waals surface area contributed by atoms with Gasteiger partial charge in [0.1, 0.15) is 5.52 Å². The van der Waals surface area contributed by atoms with E-state index in [1.54, 1.807) is 31.2 Å². The fraction of sp³-hybridized carbons (Fsp3) is 0.250. The van der Waals surface area contributed by atoms with Crippen molar-refractivity contribution in [3.8, 4) is 0 Å². The molecule has 0 unspecified atom stereocenters. The molecule has 1 aromatic heterocycles. The van der Waals surface area contributed by atoms with Crippen molar-refractivity contribution in [1.82, 2.24) is 4.98 Å². The first kappa shape index (κ1) is 19.0. The molecule has 140 valence electrons. The zero-order chi connectivity index (χ0) is 19.2. The zero-order valence-corrected chi connectivity index (χ0v) is 15.9. The molecule has 3 aromatic rings. The topological polar surface area (TPSA) is 81.4 Å². The Hall–Kier alpha value is -2.80. The second-order valence-corrected chi connectivity index (χ2v) is 6.90. The molecule has 0 aliphatic rings. The van der Waals surface area contributed by atoms with Gasteiger partial charge in [0.2, 0.25) is 5.91 Å². The first-order valence-electron chi connectivity index (χ1n) is 8.71. The Bertz CT molecular complexity index is 904. The lowest BCUT2D eigenvalue weighted by molar-refractivity contribution is -0.115. The van der Waals surface area contributed by atoms with Crippen LogP contribution in [0.3, 0.4) is 0 Å². The minimum Gasteiger partial charge on any atom is -0.462 e. The number of nitrogens with one attached hydrogen (secondary N) is 1. The second kappa shape index (κ2) is 8.73. The Balaban J connectivity index is 1.65. The van der Waals surface area contributed by atoms with E-state index in [-0.39, 0.29) is 17.1 Å². The molecule has 0 saturated carbocycles. The summed E-state index contributed by atoms with van der Waals surface area (Å²) in [7, 11) is 0. The predicted molar refractivity (Wildman–Crippen MR) is 105 cm³/mol. The van der Waals surface area contributed by atoms with Crippen LogP contribution in [0.2, 0.25) is 0 Å². The van der Waals surface area contributed by atoms with Gasteiger partial charge in [0, 0.05) is 5.69 Å². The maximum Gasteiger partial charge on any atom is 0.338 e. The molecule has 0 spiro atoms. The van der Waals surface area contributed by atoms with Crippen LogP contribution in [-0.4, -0.2) is 28.7 Å². The summed E-state index contributed by atoms with van der Waals surface area (Å²) in [5.41, 5.74) is 2.53. The number of fused-ring (bicyclic) bond motifs is 1. The van der Waals surface area contributed by atoms with Crippen LogP contribution in [-0.2, 0) is 9.53 Å². The second-order valence-electron chi connectivity index (χ2n) is 5.75. The van der Waals surface area contributed by atoms with Crippen molar-refractivity contribution in [2.75, 3.05) is 11.9 Å². The standard InChI is InChI=1S/C20H20N2O4S/c1-3-17(27-20-22-15-7-5-6-8-16(15)26-20)18(23)21-14-11-9-13(10-12-14)19(24)25-4-2/h5-12,17H,3-4H2,1-2H3,(H,21,23)/t17-/m1/s1. The van der Waals surface area contributed by atoms with Crippen LogP contribution in [0, 0.1) is 0 Å². The van der Waals surface area contributed by atoms with Gasteiger partial charge >= 0.3 is 5.97 Å². The molecule has 0 radical (unpaired) electrons. The number of thioether (sulfide) groups is 1. The van der Waals surface area contributed by atoms with E-state index >= 15 is 0 Å². The molecule has 0 aliphatic carbocycles. The third-order valence-corrected chi connectivity index (χ3v) is 5.05. The lowest BCUT2D eigenvalue weighted by Crippen LogP contribution is -2.24. The van der Waals surface area contributed by atoms with Crippen molar-refractivity contribution in [3.63, 3.8) is 0 Å². The molecule has 1 heterocycles. The summed E-state index contributed by atoms with van der Waals surface area (Å²) in [6.07, 6.45) is 0.621. The van der Waals surface area contributed by atoms with Gasteiger partial charge in [-0.3, -0.25) is 4.79 Å². The van der Waals surface area contributed by atoms with Gasteiger partial charge in [0.05, 0.1) is 17.4 Å². The summed E-state index contributed by atoms with van der Waals surface area (Å²) in [5.74, 6) is -0.526. The number of oxazole rings is 1. The highest BCUT2D eigenvalue weighted by molar-refractivity contribution is 8.00. The fourth-order valence-corrected chi connectivity index (χ4v) is 3.34. The molecule has 3 rings (SSSR count). The van der Waals surface area contributed by atoms with E-state index < -0.39 is 0 Å². The molecule has 0 saturated heterocycles. The predicted octanol–water partition coefficient (Wildman–Crippen LogP) is 4.51. The van der Waals surface area contributed by atoms with Crippen molar-refractivity contribution < 1.29 is 18.7 Å². The summed E-state index contributed by atoms with van der Waals surface area (Å²) < 4.78 is 10.6. The number of aromatic nitrogens is 1. The van der Waals surface area contributed by atoms with E-state index in [2.05, 4.69) is 10.3 Å². The number of benzene rings is 2. The van der Waals surface area contributed by atoms with Gasteiger partial charge in [-0.2, -0.15) is 0 Å². The lowest BCUT2D eigenvalue weighted by Gasteiger charge is -2.13. The molecular formula is C20H20N2O4S. The average Bonchev–Trinajstić information content (AvgIpc) is 3.09. The normalized spacial score (nSPS) is 11.9. The van der Waals surface area contributed by atoms with Gasteiger partial charge < -0.3 is 14.5 Å². The quantitative estimate of drug-likeness (QED) is 0.477. The molecule has 1 amide bonds. The molecule has 0 fully saturated rings. The third-order valence-electron chi connectivity index (χ3n) is 3.84. The van der Waals surface area contributed by atoms with Crippen LogP contribution in [0.25, 0.3) is 11.1 Å².